The lowest BCUT2D eigenvalue weighted by molar-refractivity contribution is 0.606. The molecule has 0 saturated heterocycles. The zero-order chi connectivity index (χ0) is 20.3. The predicted molar refractivity (Wildman–Crippen MR) is 127 cm³/mol. The van der Waals surface area contributed by atoms with Crippen LogP contribution in [0.2, 0.25) is 0 Å². The second kappa shape index (κ2) is 11.6. The van der Waals surface area contributed by atoms with Gasteiger partial charge in [-0.15, -0.1) is 0 Å². The van der Waals surface area contributed by atoms with E-state index in [-0.39, 0.29) is 0 Å². The first-order valence-corrected chi connectivity index (χ1v) is 11.4. The molecule has 0 atom stereocenters. The van der Waals surface area contributed by atoms with Crippen molar-refractivity contribution >= 4 is 0 Å². The normalized spacial score (nSPS) is 11.0. The standard InChI is InChI=1S/C29H36/c1-3-4-5-6-7-11-17-28-23-27(21-26-16-12-13-24(2)20-26)18-19-29(28)22-25-14-9-8-10-15-25/h8-10,12-16,18-20,23H,3-7,11,17,21-22H2,1-2H3. The second-order valence-electron chi connectivity index (χ2n) is 8.45. The zero-order valence-corrected chi connectivity index (χ0v) is 18.3. The summed E-state index contributed by atoms with van der Waals surface area (Å²) in [5, 5.41) is 0. The highest BCUT2D eigenvalue weighted by molar-refractivity contribution is 5.38. The molecule has 0 radical (unpaired) electrons. The molecule has 3 aromatic carbocycles. The Kier molecular flexibility index (Phi) is 8.56. The summed E-state index contributed by atoms with van der Waals surface area (Å²) in [5.41, 5.74) is 8.64. The van der Waals surface area contributed by atoms with Crippen molar-refractivity contribution in [3.63, 3.8) is 0 Å². The Morgan fingerprint density at radius 2 is 1.28 bits per heavy atom. The maximum Gasteiger partial charge on any atom is -0.00230 e. The van der Waals surface area contributed by atoms with Gasteiger partial charge < -0.3 is 0 Å². The number of rotatable bonds is 11. The molecule has 0 spiro atoms. The van der Waals surface area contributed by atoms with Gasteiger partial charge >= 0.3 is 0 Å². The van der Waals surface area contributed by atoms with E-state index in [0.29, 0.717) is 0 Å². The Morgan fingerprint density at radius 1 is 0.552 bits per heavy atom. The maximum atomic E-state index is 2.48. The number of aryl methyl sites for hydroxylation is 2. The van der Waals surface area contributed by atoms with Gasteiger partial charge in [-0.2, -0.15) is 0 Å². The molecule has 0 aliphatic heterocycles. The maximum absolute atomic E-state index is 2.48. The molecule has 0 nitrogen and oxygen atoms in total. The number of hydrogen-bond donors (Lipinski definition) is 0. The number of benzene rings is 3. The van der Waals surface area contributed by atoms with Crippen LogP contribution in [0.1, 0.15) is 78.8 Å². The van der Waals surface area contributed by atoms with Crippen LogP contribution in [0.15, 0.2) is 72.8 Å². The fourth-order valence-corrected chi connectivity index (χ4v) is 4.16. The van der Waals surface area contributed by atoms with Crippen molar-refractivity contribution in [1.29, 1.82) is 0 Å². The molecule has 0 aromatic heterocycles. The van der Waals surface area contributed by atoms with E-state index < -0.39 is 0 Å². The third-order valence-electron chi connectivity index (χ3n) is 5.80. The Morgan fingerprint density at radius 3 is 2.07 bits per heavy atom. The predicted octanol–water partition coefficient (Wildman–Crippen LogP) is 8.08. The van der Waals surface area contributed by atoms with Gasteiger partial charge in [-0.25, -0.2) is 0 Å². The molecule has 3 rings (SSSR count). The van der Waals surface area contributed by atoms with Crippen LogP contribution in [-0.2, 0) is 19.3 Å². The van der Waals surface area contributed by atoms with E-state index >= 15 is 0 Å². The van der Waals surface area contributed by atoms with Crippen molar-refractivity contribution in [2.75, 3.05) is 0 Å². The molecule has 0 N–H and O–H groups in total. The van der Waals surface area contributed by atoms with Crippen molar-refractivity contribution in [1.82, 2.24) is 0 Å². The summed E-state index contributed by atoms with van der Waals surface area (Å²) >= 11 is 0. The van der Waals surface area contributed by atoms with E-state index in [0.717, 1.165) is 12.8 Å². The van der Waals surface area contributed by atoms with E-state index in [1.54, 1.807) is 5.56 Å². The molecule has 0 aliphatic rings. The van der Waals surface area contributed by atoms with Crippen molar-refractivity contribution in [3.8, 4) is 0 Å². The summed E-state index contributed by atoms with van der Waals surface area (Å²) in [6.07, 6.45) is 11.4. The van der Waals surface area contributed by atoms with Crippen LogP contribution in [0.5, 0.6) is 0 Å². The van der Waals surface area contributed by atoms with Gasteiger partial charge in [0.05, 0.1) is 0 Å². The SMILES string of the molecule is CCCCCCCCc1cc(Cc2cccc(C)c2)ccc1Cc1ccccc1. The van der Waals surface area contributed by atoms with Gasteiger partial charge in [0.1, 0.15) is 0 Å². The molecule has 0 amide bonds. The minimum Gasteiger partial charge on any atom is -0.0654 e. The summed E-state index contributed by atoms with van der Waals surface area (Å²) in [4.78, 5) is 0. The highest BCUT2D eigenvalue weighted by Gasteiger charge is 2.07. The summed E-state index contributed by atoms with van der Waals surface area (Å²) in [6, 6.07) is 27.0. The van der Waals surface area contributed by atoms with Crippen LogP contribution in [0.4, 0.5) is 0 Å². The first-order valence-electron chi connectivity index (χ1n) is 11.4. The van der Waals surface area contributed by atoms with E-state index in [1.165, 1.54) is 72.8 Å². The molecule has 0 aliphatic carbocycles. The quantitative estimate of drug-likeness (QED) is 0.293. The van der Waals surface area contributed by atoms with Crippen molar-refractivity contribution in [2.24, 2.45) is 0 Å². The molecule has 0 bridgehead atoms. The van der Waals surface area contributed by atoms with Gasteiger partial charge in [0.25, 0.3) is 0 Å². The van der Waals surface area contributed by atoms with Crippen molar-refractivity contribution in [2.45, 2.75) is 71.6 Å². The monoisotopic (exact) mass is 384 g/mol. The van der Waals surface area contributed by atoms with Crippen LogP contribution in [0.3, 0.4) is 0 Å². The summed E-state index contributed by atoms with van der Waals surface area (Å²) in [5.74, 6) is 0. The molecule has 152 valence electrons. The van der Waals surface area contributed by atoms with E-state index in [1.807, 2.05) is 0 Å². The molecule has 0 heterocycles. The third-order valence-corrected chi connectivity index (χ3v) is 5.80. The van der Waals surface area contributed by atoms with Crippen LogP contribution in [0.25, 0.3) is 0 Å². The second-order valence-corrected chi connectivity index (χ2v) is 8.45. The molecular formula is C29H36. The smallest absolute Gasteiger partial charge is 0.00230 e. The van der Waals surface area contributed by atoms with Gasteiger partial charge in [0.2, 0.25) is 0 Å². The first-order chi connectivity index (χ1) is 14.2. The molecule has 0 heteroatoms. The largest absolute Gasteiger partial charge is 0.0654 e. The lowest BCUT2D eigenvalue weighted by atomic mass is 9.92. The molecule has 0 saturated carbocycles. The van der Waals surface area contributed by atoms with Crippen LogP contribution < -0.4 is 0 Å². The minimum atomic E-state index is 1.02. The Hall–Kier alpha value is -2.34. The molecule has 29 heavy (non-hydrogen) atoms. The van der Waals surface area contributed by atoms with E-state index in [2.05, 4.69) is 86.6 Å². The third kappa shape index (κ3) is 7.20. The van der Waals surface area contributed by atoms with E-state index in [4.69, 9.17) is 0 Å². The van der Waals surface area contributed by atoms with Crippen molar-refractivity contribution < 1.29 is 0 Å². The number of hydrogen-bond acceptors (Lipinski definition) is 0. The van der Waals surface area contributed by atoms with Gasteiger partial charge in [0, 0.05) is 0 Å². The molecule has 0 fully saturated rings. The average molecular weight is 385 g/mol. The van der Waals surface area contributed by atoms with Crippen LogP contribution >= 0.6 is 0 Å². The summed E-state index contributed by atoms with van der Waals surface area (Å²) in [7, 11) is 0. The molecule has 0 unspecified atom stereocenters. The average Bonchev–Trinajstić information content (AvgIpc) is 2.73. The topological polar surface area (TPSA) is 0 Å². The summed E-state index contributed by atoms with van der Waals surface area (Å²) < 4.78 is 0. The fourth-order valence-electron chi connectivity index (χ4n) is 4.16. The molecular weight excluding hydrogens is 348 g/mol. The van der Waals surface area contributed by atoms with Crippen LogP contribution in [0, 0.1) is 6.92 Å². The number of unbranched alkanes of at least 4 members (excludes halogenated alkanes) is 5. The Bertz CT molecular complexity index is 860. The van der Waals surface area contributed by atoms with Gasteiger partial charge in [-0.1, -0.05) is 117 Å². The van der Waals surface area contributed by atoms with Crippen molar-refractivity contribution in [3.05, 3.63) is 106 Å². The van der Waals surface area contributed by atoms with Crippen LogP contribution in [-0.4, -0.2) is 0 Å². The highest BCUT2D eigenvalue weighted by Crippen LogP contribution is 2.21. The van der Waals surface area contributed by atoms with Gasteiger partial charge in [0.15, 0.2) is 0 Å². The van der Waals surface area contributed by atoms with Gasteiger partial charge in [-0.3, -0.25) is 0 Å². The fraction of sp³-hybridized carbons (Fsp3) is 0.379. The highest BCUT2D eigenvalue weighted by atomic mass is 14.1. The zero-order valence-electron chi connectivity index (χ0n) is 18.3. The Balaban J connectivity index is 1.72. The molecule has 3 aromatic rings. The lowest BCUT2D eigenvalue weighted by Gasteiger charge is -2.13. The summed E-state index contributed by atoms with van der Waals surface area (Å²) in [6.45, 7) is 4.46. The first kappa shape index (κ1) is 21.4. The lowest BCUT2D eigenvalue weighted by Crippen LogP contribution is -1.99. The minimum absolute atomic E-state index is 1.02. The van der Waals surface area contributed by atoms with E-state index in [9.17, 15) is 0 Å². The van der Waals surface area contributed by atoms with Gasteiger partial charge in [-0.05, 0) is 60.4 Å². The Labute approximate surface area is 178 Å².